The molecule has 4 heterocycles. The molecule has 218 valence electrons. The maximum atomic E-state index is 14.0. The standard InChI is InChI=1S/C33H42N2O5Si/c1-5-22(31-37-16-11-17-38-31)23-18-26-29-33(24-14-9-10-15-25(24)34-29)19-27(28(23)30(33)40-41(2,3)4)35(26)32(36)39-20-21-12-7-6-8-13-21/h6-10,12-15,22-23,26-28,30-31H,5,11,16-20H2,1-4H3/t22-,23-,26-,27?,28?,30+,33+/m0/s1. The summed E-state index contributed by atoms with van der Waals surface area (Å²) < 4.78 is 25.8. The van der Waals surface area contributed by atoms with Crippen LogP contribution in [-0.2, 0) is 30.7 Å². The SMILES string of the molecule is CC[C@H](C1OCCCO1)[C@@H]1C[C@H]2C3=Nc4ccccc4[C@]34CC(C1[C@H]4O[Si](C)(C)C)N2C(=O)OCc1ccccc1. The lowest BCUT2D eigenvalue weighted by Crippen LogP contribution is -2.63. The molecule has 3 bridgehead atoms. The minimum Gasteiger partial charge on any atom is -0.445 e. The van der Waals surface area contributed by atoms with Crippen LogP contribution in [0, 0.1) is 17.8 Å². The highest BCUT2D eigenvalue weighted by molar-refractivity contribution is 6.69. The van der Waals surface area contributed by atoms with Crippen LogP contribution in [0.1, 0.15) is 43.7 Å². The Bertz CT molecular complexity index is 1320. The molecule has 3 saturated heterocycles. The first-order valence-electron chi connectivity index (χ1n) is 15.4. The average molecular weight is 575 g/mol. The maximum Gasteiger partial charge on any atom is 0.410 e. The lowest BCUT2D eigenvalue weighted by Gasteiger charge is -2.51. The number of aliphatic imine (C=N–C) groups is 1. The summed E-state index contributed by atoms with van der Waals surface area (Å²) >= 11 is 0. The van der Waals surface area contributed by atoms with Crippen molar-refractivity contribution < 1.29 is 23.4 Å². The third kappa shape index (κ3) is 4.41. The molecule has 0 N–H and O–H groups in total. The fourth-order valence-corrected chi connectivity index (χ4v) is 9.76. The minimum absolute atomic E-state index is 0.00567. The van der Waals surface area contributed by atoms with E-state index in [-0.39, 0.29) is 60.3 Å². The van der Waals surface area contributed by atoms with E-state index in [1.165, 1.54) is 5.56 Å². The van der Waals surface area contributed by atoms with E-state index in [0.29, 0.717) is 0 Å². The van der Waals surface area contributed by atoms with E-state index >= 15 is 0 Å². The number of amides is 1. The van der Waals surface area contributed by atoms with E-state index in [4.69, 9.17) is 23.6 Å². The molecule has 4 aliphatic heterocycles. The van der Waals surface area contributed by atoms with Crippen LogP contribution >= 0.6 is 0 Å². The predicted octanol–water partition coefficient (Wildman–Crippen LogP) is 6.45. The molecule has 1 aliphatic carbocycles. The van der Waals surface area contributed by atoms with E-state index in [2.05, 4.69) is 55.7 Å². The maximum absolute atomic E-state index is 14.0. The van der Waals surface area contributed by atoms with Crippen LogP contribution in [0.4, 0.5) is 10.5 Å². The molecular formula is C33H42N2O5Si. The molecule has 7 atom stereocenters. The molecule has 0 aromatic heterocycles. The Labute approximate surface area is 244 Å². The van der Waals surface area contributed by atoms with Crippen molar-refractivity contribution in [2.24, 2.45) is 22.7 Å². The Hall–Kier alpha value is -2.52. The van der Waals surface area contributed by atoms with Gasteiger partial charge in [-0.2, -0.15) is 0 Å². The lowest BCUT2D eigenvalue weighted by atomic mass is 9.68. The number of fused-ring (bicyclic) bond motifs is 3. The van der Waals surface area contributed by atoms with Gasteiger partial charge in [0.05, 0.1) is 42.2 Å². The molecule has 7 nitrogen and oxygen atoms in total. The predicted molar refractivity (Wildman–Crippen MR) is 160 cm³/mol. The molecular weight excluding hydrogens is 532 g/mol. The molecule has 1 spiro atoms. The smallest absolute Gasteiger partial charge is 0.410 e. The number of ether oxygens (including phenoxy) is 3. The van der Waals surface area contributed by atoms with Crippen molar-refractivity contribution in [2.75, 3.05) is 13.2 Å². The van der Waals surface area contributed by atoms with Crippen molar-refractivity contribution in [1.82, 2.24) is 4.90 Å². The highest BCUT2D eigenvalue weighted by Crippen LogP contribution is 2.65. The van der Waals surface area contributed by atoms with Gasteiger partial charge in [-0.05, 0) is 68.4 Å². The Morgan fingerprint density at radius 3 is 2.56 bits per heavy atom. The van der Waals surface area contributed by atoms with Crippen molar-refractivity contribution in [1.29, 1.82) is 0 Å². The number of benzene rings is 2. The largest absolute Gasteiger partial charge is 0.445 e. The average Bonchev–Trinajstić information content (AvgIpc) is 3.43. The summed E-state index contributed by atoms with van der Waals surface area (Å²) in [6.45, 7) is 10.8. The van der Waals surface area contributed by atoms with Crippen molar-refractivity contribution in [3.8, 4) is 0 Å². The van der Waals surface area contributed by atoms with Crippen LogP contribution in [-0.4, -0.2) is 62.7 Å². The Morgan fingerprint density at radius 1 is 1.10 bits per heavy atom. The van der Waals surface area contributed by atoms with Crippen molar-refractivity contribution in [3.05, 3.63) is 65.7 Å². The number of nitrogens with zero attached hydrogens (tertiary/aromatic N) is 2. The highest BCUT2D eigenvalue weighted by atomic mass is 28.4. The highest BCUT2D eigenvalue weighted by Gasteiger charge is 2.73. The van der Waals surface area contributed by atoms with E-state index in [9.17, 15) is 4.79 Å². The van der Waals surface area contributed by atoms with Crippen LogP contribution < -0.4 is 0 Å². The second-order valence-electron chi connectivity index (χ2n) is 13.4. The van der Waals surface area contributed by atoms with Gasteiger partial charge in [0.2, 0.25) is 0 Å². The summed E-state index contributed by atoms with van der Waals surface area (Å²) in [5, 5.41) is 0. The van der Waals surface area contributed by atoms with Gasteiger partial charge in [0.15, 0.2) is 14.6 Å². The number of hydrogen-bond acceptors (Lipinski definition) is 6. The first kappa shape index (κ1) is 27.3. The fraction of sp³-hybridized carbons (Fsp3) is 0.576. The molecule has 2 unspecified atom stereocenters. The quantitative estimate of drug-likeness (QED) is 0.356. The summed E-state index contributed by atoms with van der Waals surface area (Å²) in [6.07, 6.45) is 3.02. The van der Waals surface area contributed by atoms with Gasteiger partial charge in [0.1, 0.15) is 6.61 Å². The zero-order chi connectivity index (χ0) is 28.4. The summed E-state index contributed by atoms with van der Waals surface area (Å²) in [4.78, 5) is 21.4. The minimum atomic E-state index is -1.98. The summed E-state index contributed by atoms with van der Waals surface area (Å²) in [5.74, 6) is 0.656. The molecule has 2 aromatic carbocycles. The van der Waals surface area contributed by atoms with Crippen LogP contribution in [0.5, 0.6) is 0 Å². The van der Waals surface area contributed by atoms with Gasteiger partial charge >= 0.3 is 6.09 Å². The molecule has 5 aliphatic rings. The summed E-state index contributed by atoms with van der Waals surface area (Å²) in [6, 6.07) is 18.4. The van der Waals surface area contributed by atoms with Crippen LogP contribution in [0.3, 0.4) is 0 Å². The molecule has 41 heavy (non-hydrogen) atoms. The zero-order valence-electron chi connectivity index (χ0n) is 24.6. The number of para-hydroxylation sites is 1. The Morgan fingerprint density at radius 2 is 1.83 bits per heavy atom. The first-order chi connectivity index (χ1) is 19.8. The Kier molecular flexibility index (Phi) is 6.88. The molecule has 2 aromatic rings. The van der Waals surface area contributed by atoms with Crippen molar-refractivity contribution in [2.45, 2.75) is 88.7 Å². The van der Waals surface area contributed by atoms with Gasteiger partial charge in [0, 0.05) is 17.9 Å². The number of rotatable bonds is 7. The van der Waals surface area contributed by atoms with Crippen LogP contribution in [0.2, 0.25) is 19.6 Å². The number of carbonyl (C=O) groups excluding carboxylic acids is 1. The number of hydrogen-bond donors (Lipinski definition) is 0. The van der Waals surface area contributed by atoms with E-state index in [1.807, 2.05) is 30.3 Å². The van der Waals surface area contributed by atoms with Gasteiger partial charge in [-0.3, -0.25) is 9.89 Å². The summed E-state index contributed by atoms with van der Waals surface area (Å²) in [7, 11) is -1.98. The molecule has 1 saturated carbocycles. The van der Waals surface area contributed by atoms with Crippen molar-refractivity contribution in [3.63, 3.8) is 0 Å². The third-order valence-electron chi connectivity index (χ3n) is 10.0. The lowest BCUT2D eigenvalue weighted by molar-refractivity contribution is -0.222. The van der Waals surface area contributed by atoms with Gasteiger partial charge in [-0.25, -0.2) is 4.79 Å². The molecule has 0 radical (unpaired) electrons. The van der Waals surface area contributed by atoms with E-state index in [0.717, 1.165) is 55.9 Å². The number of carbonyl (C=O) groups is 1. The number of piperidine rings is 2. The van der Waals surface area contributed by atoms with E-state index < -0.39 is 8.32 Å². The zero-order valence-corrected chi connectivity index (χ0v) is 25.6. The van der Waals surface area contributed by atoms with Gasteiger partial charge in [0.25, 0.3) is 0 Å². The summed E-state index contributed by atoms with van der Waals surface area (Å²) in [5.41, 5.74) is 4.07. The molecule has 7 rings (SSSR count). The molecule has 4 fully saturated rings. The van der Waals surface area contributed by atoms with Gasteiger partial charge in [-0.1, -0.05) is 55.5 Å². The van der Waals surface area contributed by atoms with Gasteiger partial charge in [-0.15, -0.1) is 0 Å². The first-order valence-corrected chi connectivity index (χ1v) is 18.8. The monoisotopic (exact) mass is 574 g/mol. The van der Waals surface area contributed by atoms with Gasteiger partial charge < -0.3 is 18.6 Å². The second kappa shape index (κ2) is 10.3. The molecule has 1 amide bonds. The molecule has 8 heteroatoms. The van der Waals surface area contributed by atoms with Crippen LogP contribution in [0.15, 0.2) is 59.6 Å². The van der Waals surface area contributed by atoms with Crippen LogP contribution in [0.25, 0.3) is 0 Å². The topological polar surface area (TPSA) is 69.6 Å². The normalized spacial score (nSPS) is 32.8. The van der Waals surface area contributed by atoms with Crippen molar-refractivity contribution >= 4 is 25.8 Å². The Balaban J connectivity index is 1.32. The third-order valence-corrected chi connectivity index (χ3v) is 11.0. The fourth-order valence-electron chi connectivity index (χ4n) is 8.64. The van der Waals surface area contributed by atoms with E-state index in [1.54, 1.807) is 0 Å². The second-order valence-corrected chi connectivity index (χ2v) is 17.8.